The Bertz CT molecular complexity index is 304. The molecule has 0 spiro atoms. The Labute approximate surface area is 86.9 Å². The van der Waals surface area contributed by atoms with Crippen molar-refractivity contribution >= 4 is 24.0 Å². The van der Waals surface area contributed by atoms with Gasteiger partial charge in [0.15, 0.2) is 0 Å². The van der Waals surface area contributed by atoms with E-state index in [0.717, 1.165) is 0 Å². The van der Waals surface area contributed by atoms with Gasteiger partial charge in [-0.1, -0.05) is 11.6 Å². The highest BCUT2D eigenvalue weighted by molar-refractivity contribution is 6.32. The van der Waals surface area contributed by atoms with Crippen LogP contribution < -0.4 is 5.73 Å². The van der Waals surface area contributed by atoms with Crippen molar-refractivity contribution in [1.29, 1.82) is 0 Å². The van der Waals surface area contributed by atoms with Crippen molar-refractivity contribution < 1.29 is 9.50 Å². The monoisotopic (exact) mass is 225 g/mol. The molecule has 1 aromatic carbocycles. The summed E-state index contributed by atoms with van der Waals surface area (Å²) in [5.41, 5.74) is 5.48. The second-order valence-electron chi connectivity index (χ2n) is 2.58. The van der Waals surface area contributed by atoms with Crippen molar-refractivity contribution in [2.75, 3.05) is 0 Å². The predicted octanol–water partition coefficient (Wildman–Crippen LogP) is 2.63. The van der Waals surface area contributed by atoms with Crippen LogP contribution in [0.25, 0.3) is 0 Å². The third-order valence-electron chi connectivity index (χ3n) is 1.57. The lowest BCUT2D eigenvalue weighted by molar-refractivity contribution is 0.452. The molecule has 0 heterocycles. The van der Waals surface area contributed by atoms with Crippen molar-refractivity contribution in [3.63, 3.8) is 0 Å². The summed E-state index contributed by atoms with van der Waals surface area (Å²) in [5.74, 6) is -0.807. The fourth-order valence-corrected chi connectivity index (χ4v) is 1.15. The van der Waals surface area contributed by atoms with Crippen molar-refractivity contribution in [2.24, 2.45) is 5.73 Å². The molecule has 2 nitrogen and oxygen atoms in total. The molecule has 74 valence electrons. The van der Waals surface area contributed by atoms with Crippen LogP contribution in [0.5, 0.6) is 5.75 Å². The number of phenols is 1. The van der Waals surface area contributed by atoms with Crippen LogP contribution in [0.1, 0.15) is 18.5 Å². The van der Waals surface area contributed by atoms with Crippen LogP contribution in [0.15, 0.2) is 12.1 Å². The highest BCUT2D eigenvalue weighted by atomic mass is 35.5. The molecule has 1 aromatic rings. The van der Waals surface area contributed by atoms with Crippen LogP contribution in [-0.4, -0.2) is 5.11 Å². The first-order chi connectivity index (χ1) is 5.54. The third kappa shape index (κ3) is 2.46. The van der Waals surface area contributed by atoms with Crippen molar-refractivity contribution in [2.45, 2.75) is 13.0 Å². The van der Waals surface area contributed by atoms with Crippen LogP contribution in [0.2, 0.25) is 5.02 Å². The number of rotatable bonds is 1. The van der Waals surface area contributed by atoms with E-state index in [2.05, 4.69) is 0 Å². The lowest BCUT2D eigenvalue weighted by Gasteiger charge is -2.10. The van der Waals surface area contributed by atoms with Gasteiger partial charge in [0.25, 0.3) is 0 Å². The lowest BCUT2D eigenvalue weighted by Crippen LogP contribution is -2.07. The number of halogens is 3. The summed E-state index contributed by atoms with van der Waals surface area (Å²) in [7, 11) is 0. The first-order valence-corrected chi connectivity index (χ1v) is 3.84. The van der Waals surface area contributed by atoms with Crippen molar-refractivity contribution in [1.82, 2.24) is 0 Å². The number of hydrogen-bond acceptors (Lipinski definition) is 2. The van der Waals surface area contributed by atoms with Crippen LogP contribution in [0, 0.1) is 5.82 Å². The lowest BCUT2D eigenvalue weighted by atomic mass is 10.1. The topological polar surface area (TPSA) is 46.2 Å². The number of phenolic OH excluding ortho intramolecular Hbond substituents is 1. The highest BCUT2D eigenvalue weighted by Gasteiger charge is 2.14. The standard InChI is InChI=1S/C8H9ClFNO.ClH/c1-4(11)7-6(10)3-2-5(9)8(7)12;/h2-4,12H,11H2,1H3;1H/t4-;/m0./s1. The second-order valence-corrected chi connectivity index (χ2v) is 2.99. The third-order valence-corrected chi connectivity index (χ3v) is 1.87. The van der Waals surface area contributed by atoms with Gasteiger partial charge in [-0.05, 0) is 19.1 Å². The number of nitrogens with two attached hydrogens (primary N) is 1. The maximum absolute atomic E-state index is 13.0. The first kappa shape index (κ1) is 12.5. The van der Waals surface area contributed by atoms with Crippen molar-refractivity contribution in [3.05, 3.63) is 28.5 Å². The van der Waals surface area contributed by atoms with Gasteiger partial charge in [0, 0.05) is 11.6 Å². The van der Waals surface area contributed by atoms with Gasteiger partial charge in [-0.2, -0.15) is 0 Å². The molecule has 0 radical (unpaired) electrons. The fraction of sp³-hybridized carbons (Fsp3) is 0.250. The zero-order chi connectivity index (χ0) is 9.30. The average molecular weight is 226 g/mol. The Kier molecular flexibility index (Phi) is 4.47. The van der Waals surface area contributed by atoms with Gasteiger partial charge >= 0.3 is 0 Å². The number of benzene rings is 1. The van der Waals surface area contributed by atoms with E-state index >= 15 is 0 Å². The van der Waals surface area contributed by atoms with Gasteiger partial charge in [-0.15, -0.1) is 12.4 Å². The summed E-state index contributed by atoms with van der Waals surface area (Å²) in [6.07, 6.45) is 0. The molecule has 0 unspecified atom stereocenters. The summed E-state index contributed by atoms with van der Waals surface area (Å²) in [5, 5.41) is 9.41. The maximum Gasteiger partial charge on any atom is 0.141 e. The van der Waals surface area contributed by atoms with E-state index in [4.69, 9.17) is 17.3 Å². The van der Waals surface area contributed by atoms with E-state index in [1.54, 1.807) is 6.92 Å². The average Bonchev–Trinajstić information content (AvgIpc) is 1.97. The normalized spacial score (nSPS) is 12.0. The largest absolute Gasteiger partial charge is 0.506 e. The molecule has 0 aliphatic rings. The number of aromatic hydroxyl groups is 1. The van der Waals surface area contributed by atoms with E-state index in [-0.39, 0.29) is 28.7 Å². The van der Waals surface area contributed by atoms with E-state index < -0.39 is 11.9 Å². The molecule has 0 aliphatic heterocycles. The maximum atomic E-state index is 13.0. The minimum absolute atomic E-state index is 0. The highest BCUT2D eigenvalue weighted by Crippen LogP contribution is 2.32. The van der Waals surface area contributed by atoms with Crippen molar-refractivity contribution in [3.8, 4) is 5.75 Å². The SMILES string of the molecule is C[C@H](N)c1c(F)ccc(Cl)c1O.Cl. The summed E-state index contributed by atoms with van der Waals surface area (Å²) in [6, 6.07) is 1.91. The molecule has 1 rings (SSSR count). The molecule has 0 bridgehead atoms. The van der Waals surface area contributed by atoms with E-state index in [1.807, 2.05) is 0 Å². The molecule has 0 saturated heterocycles. The Hall–Kier alpha value is -0.510. The summed E-state index contributed by atoms with van der Waals surface area (Å²) >= 11 is 5.56. The van der Waals surface area contributed by atoms with Gasteiger partial charge in [-0.3, -0.25) is 0 Å². The summed E-state index contributed by atoms with van der Waals surface area (Å²) < 4.78 is 13.0. The van der Waals surface area contributed by atoms with Crippen LogP contribution in [0.4, 0.5) is 4.39 Å². The molecule has 13 heavy (non-hydrogen) atoms. The number of hydrogen-bond donors (Lipinski definition) is 2. The molecule has 5 heteroatoms. The van der Waals surface area contributed by atoms with Gasteiger partial charge in [0.2, 0.25) is 0 Å². The van der Waals surface area contributed by atoms with Gasteiger partial charge in [-0.25, -0.2) is 4.39 Å². The zero-order valence-electron chi connectivity index (χ0n) is 6.92. The predicted molar refractivity (Wildman–Crippen MR) is 52.9 cm³/mol. The molecule has 0 amide bonds. The molecule has 0 saturated carbocycles. The summed E-state index contributed by atoms with van der Waals surface area (Å²) in [4.78, 5) is 0. The Morgan fingerprint density at radius 3 is 2.46 bits per heavy atom. The Morgan fingerprint density at radius 1 is 1.54 bits per heavy atom. The van der Waals surface area contributed by atoms with Gasteiger partial charge < -0.3 is 10.8 Å². The molecule has 1 atom stereocenters. The first-order valence-electron chi connectivity index (χ1n) is 3.46. The Balaban J connectivity index is 0.00000144. The molecular weight excluding hydrogens is 216 g/mol. The zero-order valence-corrected chi connectivity index (χ0v) is 8.49. The minimum Gasteiger partial charge on any atom is -0.506 e. The van der Waals surface area contributed by atoms with Crippen LogP contribution >= 0.6 is 24.0 Å². The quantitative estimate of drug-likeness (QED) is 0.773. The van der Waals surface area contributed by atoms with E-state index in [0.29, 0.717) is 0 Å². The second kappa shape index (κ2) is 4.65. The van der Waals surface area contributed by atoms with Gasteiger partial charge in [0.1, 0.15) is 11.6 Å². The minimum atomic E-state index is -0.566. The van der Waals surface area contributed by atoms with Crippen LogP contribution in [-0.2, 0) is 0 Å². The molecule has 0 fully saturated rings. The van der Waals surface area contributed by atoms with Crippen LogP contribution in [0.3, 0.4) is 0 Å². The summed E-state index contributed by atoms with van der Waals surface area (Å²) in [6.45, 7) is 1.58. The fourth-order valence-electron chi connectivity index (χ4n) is 0.990. The molecular formula is C8H10Cl2FNO. The molecule has 0 aliphatic carbocycles. The molecule has 0 aromatic heterocycles. The van der Waals surface area contributed by atoms with E-state index in [1.165, 1.54) is 12.1 Å². The smallest absolute Gasteiger partial charge is 0.141 e. The van der Waals surface area contributed by atoms with Gasteiger partial charge in [0.05, 0.1) is 5.02 Å². The Morgan fingerprint density at radius 2 is 2.08 bits per heavy atom. The van der Waals surface area contributed by atoms with E-state index in [9.17, 15) is 9.50 Å². The molecule has 3 N–H and O–H groups in total.